The van der Waals surface area contributed by atoms with Gasteiger partial charge in [-0.1, -0.05) is 23.2 Å². The van der Waals surface area contributed by atoms with Crippen molar-refractivity contribution in [2.75, 3.05) is 5.73 Å². The molecule has 104 valence electrons. The normalized spacial score (nSPS) is 10.3. The number of rotatable bonds is 3. The molecule has 0 aliphatic rings. The van der Waals surface area contributed by atoms with Crippen LogP contribution >= 0.6 is 23.2 Å². The largest absolute Gasteiger partial charge is 0.457 e. The summed E-state index contributed by atoms with van der Waals surface area (Å²) in [6.45, 7) is -0.0609. The van der Waals surface area contributed by atoms with Crippen LogP contribution in [-0.2, 0) is 11.3 Å². The molecule has 0 heterocycles. The van der Waals surface area contributed by atoms with Gasteiger partial charge in [0.2, 0.25) is 0 Å². The van der Waals surface area contributed by atoms with Gasteiger partial charge in [-0.2, -0.15) is 0 Å². The number of ether oxygens (including phenoxy) is 1. The Morgan fingerprint density at radius 1 is 1.20 bits per heavy atom. The van der Waals surface area contributed by atoms with Crippen molar-refractivity contribution in [3.63, 3.8) is 0 Å². The fraction of sp³-hybridized carbons (Fsp3) is 0.0714. The molecule has 0 radical (unpaired) electrons. The highest BCUT2D eigenvalue weighted by molar-refractivity contribution is 6.33. The second-order valence-electron chi connectivity index (χ2n) is 4.09. The first-order valence-electron chi connectivity index (χ1n) is 5.63. The van der Waals surface area contributed by atoms with Gasteiger partial charge < -0.3 is 10.5 Å². The Balaban J connectivity index is 2.10. The summed E-state index contributed by atoms with van der Waals surface area (Å²) in [6.07, 6.45) is 0. The Morgan fingerprint density at radius 3 is 2.65 bits per heavy atom. The Labute approximate surface area is 125 Å². The minimum Gasteiger partial charge on any atom is -0.457 e. The number of halogens is 3. The predicted molar refractivity (Wildman–Crippen MR) is 76.4 cm³/mol. The standard InChI is InChI=1S/C14H10Cl2FNO2/c15-10-1-2-13(16)9(3-10)7-20-14(19)8-4-11(17)6-12(18)5-8/h1-6H,7,18H2. The van der Waals surface area contributed by atoms with Crippen molar-refractivity contribution in [3.05, 3.63) is 63.4 Å². The van der Waals surface area contributed by atoms with Gasteiger partial charge in [0.15, 0.2) is 0 Å². The van der Waals surface area contributed by atoms with Crippen molar-refractivity contribution in [2.24, 2.45) is 0 Å². The maximum absolute atomic E-state index is 13.1. The Hall–Kier alpha value is -1.78. The van der Waals surface area contributed by atoms with Crippen molar-refractivity contribution in [2.45, 2.75) is 6.61 Å². The summed E-state index contributed by atoms with van der Waals surface area (Å²) < 4.78 is 18.2. The van der Waals surface area contributed by atoms with Gasteiger partial charge in [-0.3, -0.25) is 0 Å². The minimum absolute atomic E-state index is 0.0423. The zero-order valence-corrected chi connectivity index (χ0v) is 11.7. The molecule has 0 saturated carbocycles. The fourth-order valence-corrected chi connectivity index (χ4v) is 1.98. The number of anilines is 1. The van der Waals surface area contributed by atoms with Crippen molar-refractivity contribution < 1.29 is 13.9 Å². The average Bonchev–Trinajstić information content (AvgIpc) is 2.38. The molecule has 2 aromatic rings. The number of hydrogen-bond acceptors (Lipinski definition) is 3. The molecule has 0 bridgehead atoms. The number of esters is 1. The van der Waals surface area contributed by atoms with Gasteiger partial charge in [-0.05, 0) is 36.4 Å². The smallest absolute Gasteiger partial charge is 0.338 e. The van der Waals surface area contributed by atoms with E-state index in [0.717, 1.165) is 12.1 Å². The van der Waals surface area contributed by atoms with Crippen LogP contribution in [0.15, 0.2) is 36.4 Å². The molecule has 0 aromatic heterocycles. The van der Waals surface area contributed by atoms with Crippen molar-refractivity contribution >= 4 is 34.9 Å². The van der Waals surface area contributed by atoms with E-state index in [9.17, 15) is 9.18 Å². The summed E-state index contributed by atoms with van der Waals surface area (Å²) in [4.78, 5) is 11.8. The molecule has 2 N–H and O–H groups in total. The van der Waals surface area contributed by atoms with E-state index in [1.54, 1.807) is 18.2 Å². The van der Waals surface area contributed by atoms with Crippen LogP contribution in [0.2, 0.25) is 10.0 Å². The number of nitrogen functional groups attached to an aromatic ring is 1. The van der Waals surface area contributed by atoms with Gasteiger partial charge in [0.25, 0.3) is 0 Å². The molecule has 3 nitrogen and oxygen atoms in total. The van der Waals surface area contributed by atoms with Crippen LogP contribution in [-0.4, -0.2) is 5.97 Å². The molecule has 20 heavy (non-hydrogen) atoms. The molecule has 0 aliphatic carbocycles. The molecule has 6 heteroatoms. The van der Waals surface area contributed by atoms with Crippen LogP contribution in [0.5, 0.6) is 0 Å². The SMILES string of the molecule is Nc1cc(F)cc(C(=O)OCc2cc(Cl)ccc2Cl)c1. The van der Waals surface area contributed by atoms with Gasteiger partial charge in [0.05, 0.1) is 5.56 Å². The van der Waals surface area contributed by atoms with Gasteiger partial charge in [-0.15, -0.1) is 0 Å². The van der Waals surface area contributed by atoms with Crippen LogP contribution in [0.3, 0.4) is 0 Å². The lowest BCUT2D eigenvalue weighted by molar-refractivity contribution is 0.0472. The maximum atomic E-state index is 13.1. The number of carbonyl (C=O) groups is 1. The molecule has 0 aliphatic heterocycles. The first-order chi connectivity index (χ1) is 9.45. The molecule has 0 fully saturated rings. The first-order valence-corrected chi connectivity index (χ1v) is 6.38. The zero-order chi connectivity index (χ0) is 14.7. The fourth-order valence-electron chi connectivity index (χ4n) is 1.61. The van der Waals surface area contributed by atoms with Gasteiger partial charge >= 0.3 is 5.97 Å². The van der Waals surface area contributed by atoms with Crippen LogP contribution in [0.4, 0.5) is 10.1 Å². The molecule has 2 aromatic carbocycles. The predicted octanol–water partition coefficient (Wildman–Crippen LogP) is 4.07. The average molecular weight is 314 g/mol. The van der Waals surface area contributed by atoms with Crippen molar-refractivity contribution in [1.29, 1.82) is 0 Å². The van der Waals surface area contributed by atoms with Crippen LogP contribution in [0, 0.1) is 5.82 Å². The molecule has 2 rings (SSSR count). The number of hydrogen-bond donors (Lipinski definition) is 1. The Morgan fingerprint density at radius 2 is 1.95 bits per heavy atom. The van der Waals surface area contributed by atoms with Crippen molar-refractivity contribution in [1.82, 2.24) is 0 Å². The zero-order valence-electron chi connectivity index (χ0n) is 10.2. The molecule has 0 unspecified atom stereocenters. The van der Waals surface area contributed by atoms with Gasteiger partial charge in [0, 0.05) is 21.3 Å². The topological polar surface area (TPSA) is 52.3 Å². The van der Waals surface area contributed by atoms with E-state index >= 15 is 0 Å². The second kappa shape index (κ2) is 6.11. The van der Waals surface area contributed by atoms with Crippen LogP contribution in [0.25, 0.3) is 0 Å². The van der Waals surface area contributed by atoms with E-state index < -0.39 is 11.8 Å². The van der Waals surface area contributed by atoms with E-state index in [1.165, 1.54) is 6.07 Å². The summed E-state index contributed by atoms with van der Waals surface area (Å²) in [7, 11) is 0. The van der Waals surface area contributed by atoms with E-state index in [2.05, 4.69) is 0 Å². The molecule has 0 spiro atoms. The number of nitrogens with two attached hydrogens (primary N) is 1. The van der Waals surface area contributed by atoms with E-state index in [0.29, 0.717) is 15.6 Å². The highest BCUT2D eigenvalue weighted by atomic mass is 35.5. The summed E-state index contributed by atoms with van der Waals surface area (Å²) in [5, 5.41) is 0.913. The summed E-state index contributed by atoms with van der Waals surface area (Å²) in [6, 6.07) is 8.33. The summed E-state index contributed by atoms with van der Waals surface area (Å²) in [5.74, 6) is -1.29. The highest BCUT2D eigenvalue weighted by Gasteiger charge is 2.11. The lowest BCUT2D eigenvalue weighted by atomic mass is 10.2. The molecular weight excluding hydrogens is 304 g/mol. The quantitative estimate of drug-likeness (QED) is 0.686. The van der Waals surface area contributed by atoms with Crippen LogP contribution < -0.4 is 5.73 Å². The lowest BCUT2D eigenvalue weighted by Crippen LogP contribution is -2.06. The third kappa shape index (κ3) is 3.62. The first kappa shape index (κ1) is 14.6. The highest BCUT2D eigenvalue weighted by Crippen LogP contribution is 2.22. The second-order valence-corrected chi connectivity index (χ2v) is 4.93. The molecule has 0 amide bonds. The molecule has 0 atom stereocenters. The van der Waals surface area contributed by atoms with Gasteiger partial charge in [0.1, 0.15) is 12.4 Å². The Kier molecular flexibility index (Phi) is 4.47. The third-order valence-electron chi connectivity index (χ3n) is 2.52. The minimum atomic E-state index is -0.688. The Bertz CT molecular complexity index is 641. The molecule has 0 saturated heterocycles. The number of carbonyl (C=O) groups excluding carboxylic acids is 1. The van der Waals surface area contributed by atoms with Crippen LogP contribution in [0.1, 0.15) is 15.9 Å². The summed E-state index contributed by atoms with van der Waals surface area (Å²) in [5.41, 5.74) is 6.22. The number of benzene rings is 2. The van der Waals surface area contributed by atoms with E-state index in [-0.39, 0.29) is 17.9 Å². The maximum Gasteiger partial charge on any atom is 0.338 e. The lowest BCUT2D eigenvalue weighted by Gasteiger charge is -2.07. The van der Waals surface area contributed by atoms with Crippen molar-refractivity contribution in [3.8, 4) is 0 Å². The van der Waals surface area contributed by atoms with E-state index in [4.69, 9.17) is 33.7 Å². The molecular formula is C14H10Cl2FNO2. The monoisotopic (exact) mass is 313 g/mol. The van der Waals surface area contributed by atoms with Gasteiger partial charge in [-0.25, -0.2) is 9.18 Å². The summed E-state index contributed by atoms with van der Waals surface area (Å²) >= 11 is 11.8. The third-order valence-corrected chi connectivity index (χ3v) is 3.13. The van der Waals surface area contributed by atoms with E-state index in [1.807, 2.05) is 0 Å².